The predicted molar refractivity (Wildman–Crippen MR) is 77.6 cm³/mol. The van der Waals surface area contributed by atoms with Crippen molar-refractivity contribution in [3.63, 3.8) is 0 Å². The van der Waals surface area contributed by atoms with E-state index in [0.29, 0.717) is 18.2 Å². The highest BCUT2D eigenvalue weighted by molar-refractivity contribution is 7.91. The molecule has 0 radical (unpaired) electrons. The molecule has 1 aliphatic heterocycles. The molecule has 106 valence electrons. The number of hydrogen-bond acceptors (Lipinski definition) is 4. The molecular weight excluding hydrogens is 286 g/mol. The smallest absolute Gasteiger partial charge is 0.154 e. The van der Waals surface area contributed by atoms with Crippen LogP contribution in [0.3, 0.4) is 0 Å². The largest absolute Gasteiger partial charge is 0.384 e. The summed E-state index contributed by atoms with van der Waals surface area (Å²) in [7, 11) is -3.07. The van der Waals surface area contributed by atoms with Crippen LogP contribution in [0.15, 0.2) is 24.3 Å². The first-order valence-corrected chi connectivity index (χ1v) is 8.56. The highest BCUT2D eigenvalue weighted by Crippen LogP contribution is 2.16. The normalized spacial score (nSPS) is 19.5. The van der Waals surface area contributed by atoms with Gasteiger partial charge in [-0.1, -0.05) is 17.7 Å². The van der Waals surface area contributed by atoms with Gasteiger partial charge in [0.2, 0.25) is 0 Å². The quantitative estimate of drug-likeness (QED) is 0.876. The van der Waals surface area contributed by atoms with Crippen molar-refractivity contribution in [2.45, 2.75) is 18.9 Å². The molecule has 1 aromatic rings. The first-order chi connectivity index (χ1) is 9.05. The zero-order valence-electron chi connectivity index (χ0n) is 10.6. The lowest BCUT2D eigenvalue weighted by Crippen LogP contribution is -2.25. The van der Waals surface area contributed by atoms with Crippen LogP contribution >= 0.6 is 11.6 Å². The number of benzene rings is 1. The molecule has 1 heterocycles. The molecule has 0 bridgehead atoms. The van der Waals surface area contributed by atoms with Crippen molar-refractivity contribution in [1.82, 2.24) is 0 Å². The Morgan fingerprint density at radius 1 is 1.42 bits per heavy atom. The predicted octanol–water partition coefficient (Wildman–Crippen LogP) is 2.35. The fourth-order valence-corrected chi connectivity index (χ4v) is 3.69. The van der Waals surface area contributed by atoms with Gasteiger partial charge in [0.1, 0.15) is 0 Å². The summed E-state index contributed by atoms with van der Waals surface area (Å²) in [6.07, 6.45) is 1.69. The van der Waals surface area contributed by atoms with Gasteiger partial charge < -0.3 is 10.1 Å². The molecule has 0 aliphatic carbocycles. The van der Waals surface area contributed by atoms with E-state index in [1.807, 2.05) is 12.1 Å². The highest BCUT2D eigenvalue weighted by atomic mass is 35.5. The van der Waals surface area contributed by atoms with Crippen molar-refractivity contribution in [3.05, 3.63) is 29.3 Å². The van der Waals surface area contributed by atoms with Crippen LogP contribution in [0.4, 0.5) is 5.69 Å². The maximum atomic E-state index is 11.9. The molecule has 19 heavy (non-hydrogen) atoms. The van der Waals surface area contributed by atoms with E-state index < -0.39 is 9.84 Å². The number of sulfone groups is 1. The number of halogens is 1. The van der Waals surface area contributed by atoms with E-state index in [1.165, 1.54) is 0 Å². The summed E-state index contributed by atoms with van der Waals surface area (Å²) in [5.41, 5.74) is 0.833. The molecule has 0 saturated carbocycles. The van der Waals surface area contributed by atoms with Gasteiger partial charge in [0.15, 0.2) is 9.84 Å². The topological polar surface area (TPSA) is 55.4 Å². The molecule has 1 unspecified atom stereocenters. The van der Waals surface area contributed by atoms with Gasteiger partial charge in [-0.3, -0.25) is 0 Å². The molecule has 0 amide bonds. The van der Waals surface area contributed by atoms with Crippen LogP contribution in [0.5, 0.6) is 0 Å². The van der Waals surface area contributed by atoms with Crippen molar-refractivity contribution < 1.29 is 13.2 Å². The third kappa shape index (κ3) is 5.01. The number of nitrogens with one attached hydrogen (secondary N) is 1. The van der Waals surface area contributed by atoms with Gasteiger partial charge in [-0.2, -0.15) is 0 Å². The molecule has 4 nitrogen and oxygen atoms in total. The van der Waals surface area contributed by atoms with Crippen molar-refractivity contribution >= 4 is 27.1 Å². The summed E-state index contributed by atoms with van der Waals surface area (Å²) >= 11 is 5.85. The van der Waals surface area contributed by atoms with Crippen LogP contribution in [0, 0.1) is 0 Å². The third-order valence-electron chi connectivity index (χ3n) is 3.03. The first-order valence-electron chi connectivity index (χ1n) is 6.37. The monoisotopic (exact) mass is 303 g/mol. The molecule has 1 saturated heterocycles. The Labute approximate surface area is 119 Å². The molecule has 1 aromatic carbocycles. The van der Waals surface area contributed by atoms with Crippen molar-refractivity contribution in [3.8, 4) is 0 Å². The van der Waals surface area contributed by atoms with Crippen molar-refractivity contribution in [2.24, 2.45) is 0 Å². The lowest BCUT2D eigenvalue weighted by Gasteiger charge is -2.11. The fourth-order valence-electron chi connectivity index (χ4n) is 2.09. The molecule has 1 atom stereocenters. The van der Waals surface area contributed by atoms with Crippen LogP contribution < -0.4 is 5.32 Å². The fraction of sp³-hybridized carbons (Fsp3) is 0.538. The zero-order chi connectivity index (χ0) is 13.7. The average Bonchev–Trinajstić information content (AvgIpc) is 2.80. The number of anilines is 1. The lowest BCUT2D eigenvalue weighted by molar-refractivity contribution is 0.127. The molecule has 0 spiro atoms. The minimum Gasteiger partial charge on any atom is -0.384 e. The van der Waals surface area contributed by atoms with E-state index >= 15 is 0 Å². The summed E-state index contributed by atoms with van der Waals surface area (Å²) in [5.74, 6) is 0.240. The molecule has 6 heteroatoms. The van der Waals surface area contributed by atoms with E-state index in [1.54, 1.807) is 12.1 Å². The van der Waals surface area contributed by atoms with Crippen LogP contribution in [-0.2, 0) is 14.6 Å². The maximum absolute atomic E-state index is 11.9. The summed E-state index contributed by atoms with van der Waals surface area (Å²) < 4.78 is 29.1. The molecule has 0 aromatic heterocycles. The van der Waals surface area contributed by atoms with Gasteiger partial charge in [0, 0.05) is 23.9 Å². The van der Waals surface area contributed by atoms with E-state index in [0.717, 1.165) is 18.5 Å². The van der Waals surface area contributed by atoms with Crippen molar-refractivity contribution in [1.29, 1.82) is 0 Å². The molecular formula is C13H18ClNO3S. The number of ether oxygens (including phenoxy) is 1. The minimum atomic E-state index is -3.07. The third-order valence-corrected chi connectivity index (χ3v) is 4.97. The van der Waals surface area contributed by atoms with Crippen LogP contribution in [0.2, 0.25) is 5.02 Å². The minimum absolute atomic E-state index is 0.110. The Bertz CT molecular complexity index is 512. The lowest BCUT2D eigenvalue weighted by atomic mass is 10.3. The highest BCUT2D eigenvalue weighted by Gasteiger charge is 2.22. The van der Waals surface area contributed by atoms with E-state index in [-0.39, 0.29) is 17.6 Å². The summed E-state index contributed by atoms with van der Waals surface area (Å²) in [6.45, 7) is 1.07. The Morgan fingerprint density at radius 3 is 2.95 bits per heavy atom. The molecule has 1 N–H and O–H groups in total. The average molecular weight is 304 g/mol. The van der Waals surface area contributed by atoms with Crippen molar-refractivity contribution in [2.75, 3.05) is 30.0 Å². The second-order valence-corrected chi connectivity index (χ2v) is 7.35. The summed E-state index contributed by atoms with van der Waals surface area (Å²) in [6, 6.07) is 7.24. The number of hydrogen-bond donors (Lipinski definition) is 1. The van der Waals surface area contributed by atoms with E-state index in [2.05, 4.69) is 5.32 Å². The standard InChI is InChI=1S/C13H18ClNO3S/c14-11-3-1-4-12(9-11)15-6-8-19(16,17)10-13-5-2-7-18-13/h1,3-4,9,13,15H,2,5-8,10H2. The SMILES string of the molecule is O=S(=O)(CCNc1cccc(Cl)c1)CC1CCCO1. The van der Waals surface area contributed by atoms with E-state index in [4.69, 9.17) is 16.3 Å². The number of rotatable bonds is 6. The summed E-state index contributed by atoms with van der Waals surface area (Å²) in [4.78, 5) is 0. The Hall–Kier alpha value is -0.780. The molecule has 2 rings (SSSR count). The zero-order valence-corrected chi connectivity index (χ0v) is 12.2. The maximum Gasteiger partial charge on any atom is 0.154 e. The van der Waals surface area contributed by atoms with E-state index in [9.17, 15) is 8.42 Å². The first kappa shape index (κ1) is 14.6. The van der Waals surface area contributed by atoms with Crippen LogP contribution in [0.1, 0.15) is 12.8 Å². The van der Waals surface area contributed by atoms with Gasteiger partial charge in [0.25, 0.3) is 0 Å². The van der Waals surface area contributed by atoms with Gasteiger partial charge in [0.05, 0.1) is 17.6 Å². The molecule has 1 aliphatic rings. The second kappa shape index (κ2) is 6.59. The Kier molecular flexibility index (Phi) is 5.07. The van der Waals surface area contributed by atoms with Gasteiger partial charge in [-0.05, 0) is 31.0 Å². The van der Waals surface area contributed by atoms with Gasteiger partial charge in [-0.25, -0.2) is 8.42 Å². The summed E-state index contributed by atoms with van der Waals surface area (Å²) in [5, 5.41) is 3.69. The van der Waals surface area contributed by atoms with Gasteiger partial charge in [-0.15, -0.1) is 0 Å². The van der Waals surface area contributed by atoms with Crippen LogP contribution in [-0.4, -0.2) is 39.2 Å². The second-order valence-electron chi connectivity index (χ2n) is 4.69. The van der Waals surface area contributed by atoms with Crippen LogP contribution in [0.25, 0.3) is 0 Å². The Balaban J connectivity index is 1.78. The Morgan fingerprint density at radius 2 is 2.26 bits per heavy atom. The van der Waals surface area contributed by atoms with Gasteiger partial charge >= 0.3 is 0 Å². The molecule has 1 fully saturated rings.